The number of carbonyl (C=O) groups is 1. The highest BCUT2D eigenvalue weighted by molar-refractivity contribution is 7.15. The topological polar surface area (TPSA) is 47.2 Å². The van der Waals surface area contributed by atoms with E-state index in [1.165, 1.54) is 0 Å². The number of furan rings is 1. The van der Waals surface area contributed by atoms with Crippen molar-refractivity contribution in [2.45, 2.75) is 20.4 Å². The Morgan fingerprint density at radius 2 is 2.05 bits per heavy atom. The predicted molar refractivity (Wildman–Crippen MR) is 83.0 cm³/mol. The summed E-state index contributed by atoms with van der Waals surface area (Å²) < 4.78 is 7.22. The molecule has 0 bridgehead atoms. The summed E-state index contributed by atoms with van der Waals surface area (Å²) in [4.78, 5) is 13.7. The molecule has 0 saturated carbocycles. The van der Waals surface area contributed by atoms with Gasteiger partial charge in [-0.2, -0.15) is 0 Å². The monoisotopic (exact) mass is 300 g/mol. The summed E-state index contributed by atoms with van der Waals surface area (Å²) in [6, 6.07) is 7.56. The quantitative estimate of drug-likeness (QED) is 0.799. The minimum atomic E-state index is -0.0723. The standard InChI is InChI=1S/C16H16N2O2S/c1-11-12(2)21-16(18-7-3-4-8-18)14(11)15(19)17-10-13-6-5-9-20-13/h3-9H,10H2,1-2H3,(H,17,19). The Balaban J connectivity index is 1.88. The van der Waals surface area contributed by atoms with Gasteiger partial charge in [0.25, 0.3) is 5.91 Å². The summed E-state index contributed by atoms with van der Waals surface area (Å²) in [5.74, 6) is 0.674. The maximum Gasteiger partial charge on any atom is 0.254 e. The molecular weight excluding hydrogens is 284 g/mol. The van der Waals surface area contributed by atoms with Crippen LogP contribution in [0.25, 0.3) is 5.00 Å². The van der Waals surface area contributed by atoms with Gasteiger partial charge in [-0.05, 0) is 43.7 Å². The predicted octanol–water partition coefficient (Wildman–Crippen LogP) is 3.68. The first-order chi connectivity index (χ1) is 10.2. The molecule has 0 aliphatic carbocycles. The molecule has 0 aliphatic rings. The zero-order valence-electron chi connectivity index (χ0n) is 11.9. The van der Waals surface area contributed by atoms with E-state index in [0.717, 1.165) is 26.8 Å². The van der Waals surface area contributed by atoms with Gasteiger partial charge in [0, 0.05) is 17.3 Å². The number of hydrogen-bond acceptors (Lipinski definition) is 3. The van der Waals surface area contributed by atoms with E-state index in [0.29, 0.717) is 6.54 Å². The molecule has 0 fully saturated rings. The van der Waals surface area contributed by atoms with Crippen LogP contribution in [0.15, 0.2) is 47.3 Å². The van der Waals surface area contributed by atoms with E-state index in [1.807, 2.05) is 55.1 Å². The third-order valence-corrected chi connectivity index (χ3v) is 4.66. The molecule has 108 valence electrons. The van der Waals surface area contributed by atoms with Crippen molar-refractivity contribution in [2.24, 2.45) is 0 Å². The summed E-state index contributed by atoms with van der Waals surface area (Å²) in [5.41, 5.74) is 1.76. The number of aromatic nitrogens is 1. The first-order valence-electron chi connectivity index (χ1n) is 6.70. The number of carbonyl (C=O) groups excluding carboxylic acids is 1. The van der Waals surface area contributed by atoms with Crippen molar-refractivity contribution in [1.29, 1.82) is 0 Å². The Bertz CT molecular complexity index is 740. The lowest BCUT2D eigenvalue weighted by molar-refractivity contribution is 0.0948. The Morgan fingerprint density at radius 3 is 2.71 bits per heavy atom. The van der Waals surface area contributed by atoms with Crippen molar-refractivity contribution >= 4 is 17.2 Å². The van der Waals surface area contributed by atoms with Gasteiger partial charge in [-0.3, -0.25) is 4.79 Å². The largest absolute Gasteiger partial charge is 0.467 e. The molecule has 3 aromatic heterocycles. The zero-order valence-corrected chi connectivity index (χ0v) is 12.7. The van der Waals surface area contributed by atoms with Crippen molar-refractivity contribution in [3.05, 3.63) is 64.7 Å². The van der Waals surface area contributed by atoms with Gasteiger partial charge < -0.3 is 14.3 Å². The van der Waals surface area contributed by atoms with Crippen molar-refractivity contribution in [3.8, 4) is 5.00 Å². The van der Waals surface area contributed by atoms with Crippen LogP contribution in [0.5, 0.6) is 0 Å². The molecular formula is C16H16N2O2S. The van der Waals surface area contributed by atoms with Gasteiger partial charge in [-0.1, -0.05) is 0 Å². The second-order valence-corrected chi connectivity index (χ2v) is 6.02. The third-order valence-electron chi connectivity index (χ3n) is 3.44. The van der Waals surface area contributed by atoms with Crippen LogP contribution >= 0.6 is 11.3 Å². The average Bonchev–Trinajstić information content (AvgIpc) is 3.19. The van der Waals surface area contributed by atoms with Gasteiger partial charge in [-0.25, -0.2) is 0 Å². The minimum absolute atomic E-state index is 0.0723. The summed E-state index contributed by atoms with van der Waals surface area (Å²) in [7, 11) is 0. The SMILES string of the molecule is Cc1sc(-n2cccc2)c(C(=O)NCc2ccco2)c1C. The van der Waals surface area contributed by atoms with Crippen molar-refractivity contribution in [3.63, 3.8) is 0 Å². The van der Waals surface area contributed by atoms with E-state index < -0.39 is 0 Å². The minimum Gasteiger partial charge on any atom is -0.467 e. The third kappa shape index (κ3) is 2.64. The van der Waals surface area contributed by atoms with Crippen LogP contribution in [0.3, 0.4) is 0 Å². The van der Waals surface area contributed by atoms with Crippen LogP contribution in [0.2, 0.25) is 0 Å². The van der Waals surface area contributed by atoms with Crippen LogP contribution in [-0.2, 0) is 6.54 Å². The highest BCUT2D eigenvalue weighted by atomic mass is 32.1. The summed E-state index contributed by atoms with van der Waals surface area (Å²) >= 11 is 1.63. The maximum atomic E-state index is 12.5. The van der Waals surface area contributed by atoms with E-state index in [9.17, 15) is 4.79 Å². The van der Waals surface area contributed by atoms with E-state index in [1.54, 1.807) is 17.6 Å². The lowest BCUT2D eigenvalue weighted by Crippen LogP contribution is -2.24. The van der Waals surface area contributed by atoms with Gasteiger partial charge in [0.05, 0.1) is 18.4 Å². The number of nitrogens with zero attached hydrogens (tertiary/aromatic N) is 1. The van der Waals surface area contributed by atoms with Crippen LogP contribution in [0, 0.1) is 13.8 Å². The smallest absolute Gasteiger partial charge is 0.254 e. The molecule has 3 rings (SSSR count). The van der Waals surface area contributed by atoms with E-state index in [2.05, 4.69) is 5.32 Å². The fourth-order valence-corrected chi connectivity index (χ4v) is 3.32. The molecule has 4 nitrogen and oxygen atoms in total. The Labute approximate surface area is 127 Å². The highest BCUT2D eigenvalue weighted by Crippen LogP contribution is 2.30. The first kappa shape index (κ1) is 13.7. The number of thiophene rings is 1. The Hall–Kier alpha value is -2.27. The van der Waals surface area contributed by atoms with Gasteiger partial charge in [0.1, 0.15) is 10.8 Å². The second-order valence-electron chi connectivity index (χ2n) is 4.82. The lowest BCUT2D eigenvalue weighted by atomic mass is 10.1. The summed E-state index contributed by atoms with van der Waals surface area (Å²) in [5, 5.41) is 3.87. The van der Waals surface area contributed by atoms with Gasteiger partial charge >= 0.3 is 0 Å². The maximum absolute atomic E-state index is 12.5. The van der Waals surface area contributed by atoms with Crippen molar-refractivity contribution in [2.75, 3.05) is 0 Å². The van der Waals surface area contributed by atoms with Crippen LogP contribution in [0.4, 0.5) is 0 Å². The van der Waals surface area contributed by atoms with Gasteiger partial charge in [0.15, 0.2) is 0 Å². The molecule has 0 spiro atoms. The molecule has 0 aliphatic heterocycles. The van der Waals surface area contributed by atoms with Crippen LogP contribution in [-0.4, -0.2) is 10.5 Å². The Kier molecular flexibility index (Phi) is 3.66. The fraction of sp³-hybridized carbons (Fsp3) is 0.188. The summed E-state index contributed by atoms with van der Waals surface area (Å²) in [6.45, 7) is 4.42. The molecule has 3 aromatic rings. The normalized spacial score (nSPS) is 10.8. The summed E-state index contributed by atoms with van der Waals surface area (Å²) in [6.07, 6.45) is 5.51. The van der Waals surface area contributed by atoms with E-state index in [4.69, 9.17) is 4.42 Å². The second kappa shape index (κ2) is 5.61. The zero-order chi connectivity index (χ0) is 14.8. The molecule has 0 radical (unpaired) electrons. The molecule has 0 saturated heterocycles. The number of aryl methyl sites for hydroxylation is 1. The lowest BCUT2D eigenvalue weighted by Gasteiger charge is -2.07. The van der Waals surface area contributed by atoms with Gasteiger partial charge in [0.2, 0.25) is 0 Å². The molecule has 0 aromatic carbocycles. The van der Waals surface area contributed by atoms with Crippen LogP contribution < -0.4 is 5.32 Å². The van der Waals surface area contributed by atoms with Crippen LogP contribution in [0.1, 0.15) is 26.6 Å². The number of rotatable bonds is 4. The Morgan fingerprint density at radius 1 is 1.29 bits per heavy atom. The van der Waals surface area contributed by atoms with Gasteiger partial charge in [-0.15, -0.1) is 11.3 Å². The first-order valence-corrected chi connectivity index (χ1v) is 7.52. The number of nitrogens with one attached hydrogen (secondary N) is 1. The molecule has 3 heterocycles. The average molecular weight is 300 g/mol. The molecule has 21 heavy (non-hydrogen) atoms. The van der Waals surface area contributed by atoms with Crippen molar-refractivity contribution < 1.29 is 9.21 Å². The fourth-order valence-electron chi connectivity index (χ4n) is 2.20. The molecule has 0 atom stereocenters. The molecule has 1 amide bonds. The number of hydrogen-bond donors (Lipinski definition) is 1. The molecule has 0 unspecified atom stereocenters. The highest BCUT2D eigenvalue weighted by Gasteiger charge is 2.20. The molecule has 1 N–H and O–H groups in total. The van der Waals surface area contributed by atoms with E-state index >= 15 is 0 Å². The van der Waals surface area contributed by atoms with Crippen molar-refractivity contribution in [1.82, 2.24) is 9.88 Å². The molecule has 5 heteroatoms. The number of amides is 1. The van der Waals surface area contributed by atoms with E-state index in [-0.39, 0.29) is 5.91 Å².